The molecule has 2 aromatic carbocycles. The minimum absolute atomic E-state index is 0.0377. The van der Waals surface area contributed by atoms with E-state index >= 15 is 0 Å². The molecular weight excluding hydrogens is 312 g/mol. The zero-order valence-electron chi connectivity index (χ0n) is 9.89. The van der Waals surface area contributed by atoms with Gasteiger partial charge in [-0.2, -0.15) is 0 Å². The van der Waals surface area contributed by atoms with Crippen molar-refractivity contribution in [3.63, 3.8) is 0 Å². The number of hydrogen-bond acceptors (Lipinski definition) is 3. The van der Waals surface area contributed by atoms with Crippen LogP contribution in [0.5, 0.6) is 11.5 Å². The molecule has 2 rings (SSSR count). The van der Waals surface area contributed by atoms with Crippen LogP contribution in [0.1, 0.15) is 5.56 Å². The Labute approximate surface area is 119 Å². The summed E-state index contributed by atoms with van der Waals surface area (Å²) in [6, 6.07) is 13.4. The maximum Gasteiger partial charge on any atom is 0.140 e. The summed E-state index contributed by atoms with van der Waals surface area (Å²) in [6.45, 7) is -0.0377. The zero-order valence-corrected chi connectivity index (χ0v) is 12.3. The smallest absolute Gasteiger partial charge is 0.140 e. The van der Waals surface area contributed by atoms with E-state index in [9.17, 15) is 5.11 Å². The molecule has 2 aromatic rings. The predicted molar refractivity (Wildman–Crippen MR) is 78.4 cm³/mol. The number of ether oxygens (including phenoxy) is 1. The second-order valence-electron chi connectivity index (χ2n) is 3.66. The van der Waals surface area contributed by atoms with Gasteiger partial charge in [0, 0.05) is 14.9 Å². The fourth-order valence-corrected chi connectivity index (χ4v) is 2.44. The van der Waals surface area contributed by atoms with Crippen molar-refractivity contribution in [3.8, 4) is 11.5 Å². The van der Waals surface area contributed by atoms with Crippen LogP contribution in [0, 0.1) is 0 Å². The van der Waals surface area contributed by atoms with Crippen LogP contribution in [0.25, 0.3) is 0 Å². The molecule has 0 saturated carbocycles. The van der Waals surface area contributed by atoms with Gasteiger partial charge in [-0.1, -0.05) is 34.1 Å². The first-order valence-corrected chi connectivity index (χ1v) is 7.46. The number of para-hydroxylation sites is 1. The number of aliphatic hydroxyl groups excluding tert-OH is 1. The highest BCUT2D eigenvalue weighted by Crippen LogP contribution is 2.34. The Balaban J connectivity index is 2.36. The van der Waals surface area contributed by atoms with Crippen LogP contribution in [-0.2, 0) is 6.61 Å². The molecule has 0 unspecified atom stereocenters. The van der Waals surface area contributed by atoms with Gasteiger partial charge in [-0.05, 0) is 30.5 Å². The molecule has 0 bridgehead atoms. The van der Waals surface area contributed by atoms with E-state index < -0.39 is 0 Å². The van der Waals surface area contributed by atoms with E-state index in [4.69, 9.17) is 4.74 Å². The van der Waals surface area contributed by atoms with E-state index in [-0.39, 0.29) is 6.61 Å². The van der Waals surface area contributed by atoms with Crippen molar-refractivity contribution in [1.29, 1.82) is 0 Å². The Morgan fingerprint density at radius 1 is 1.17 bits per heavy atom. The van der Waals surface area contributed by atoms with E-state index in [1.165, 1.54) is 0 Å². The average molecular weight is 325 g/mol. The van der Waals surface area contributed by atoms with Crippen LogP contribution in [0.4, 0.5) is 0 Å². The van der Waals surface area contributed by atoms with Gasteiger partial charge in [0.25, 0.3) is 0 Å². The van der Waals surface area contributed by atoms with Gasteiger partial charge in [-0.25, -0.2) is 0 Å². The maximum atomic E-state index is 9.31. The Morgan fingerprint density at radius 2 is 1.94 bits per heavy atom. The molecule has 0 aliphatic rings. The third kappa shape index (κ3) is 3.07. The summed E-state index contributed by atoms with van der Waals surface area (Å²) in [6.07, 6.45) is 2.01. The third-order valence-electron chi connectivity index (χ3n) is 2.49. The second kappa shape index (κ2) is 6.27. The van der Waals surface area contributed by atoms with Crippen LogP contribution in [-0.4, -0.2) is 11.4 Å². The summed E-state index contributed by atoms with van der Waals surface area (Å²) in [5.74, 6) is 1.48. The first-order chi connectivity index (χ1) is 8.74. The zero-order chi connectivity index (χ0) is 13.0. The van der Waals surface area contributed by atoms with Gasteiger partial charge in [0.05, 0.1) is 6.61 Å². The molecule has 1 N–H and O–H groups in total. The highest BCUT2D eigenvalue weighted by Gasteiger charge is 2.08. The quantitative estimate of drug-likeness (QED) is 0.842. The lowest BCUT2D eigenvalue weighted by molar-refractivity contribution is 0.276. The molecule has 4 heteroatoms. The Hall–Kier alpha value is -0.970. The number of rotatable bonds is 4. The molecule has 0 aromatic heterocycles. The molecule has 0 atom stereocenters. The number of thioether (sulfide) groups is 1. The van der Waals surface area contributed by atoms with Crippen LogP contribution < -0.4 is 4.74 Å². The minimum Gasteiger partial charge on any atom is -0.456 e. The van der Waals surface area contributed by atoms with Crippen molar-refractivity contribution >= 4 is 27.7 Å². The van der Waals surface area contributed by atoms with E-state index in [0.29, 0.717) is 5.75 Å². The number of benzene rings is 2. The van der Waals surface area contributed by atoms with Gasteiger partial charge in [0.1, 0.15) is 11.5 Å². The Bertz CT molecular complexity index is 543. The van der Waals surface area contributed by atoms with Crippen molar-refractivity contribution in [1.82, 2.24) is 0 Å². The summed E-state index contributed by atoms with van der Waals surface area (Å²) in [4.78, 5) is 1.07. The molecule has 0 fully saturated rings. The number of halogens is 1. The fourth-order valence-electron chi connectivity index (χ4n) is 1.58. The van der Waals surface area contributed by atoms with Gasteiger partial charge in [0.15, 0.2) is 0 Å². The fraction of sp³-hybridized carbons (Fsp3) is 0.143. The monoisotopic (exact) mass is 324 g/mol. The van der Waals surface area contributed by atoms with Crippen LogP contribution in [0.2, 0.25) is 0 Å². The summed E-state index contributed by atoms with van der Waals surface area (Å²) in [5.41, 5.74) is 0.772. The number of hydrogen-bond donors (Lipinski definition) is 1. The van der Waals surface area contributed by atoms with Crippen molar-refractivity contribution in [2.24, 2.45) is 0 Å². The van der Waals surface area contributed by atoms with Crippen LogP contribution in [0.3, 0.4) is 0 Å². The molecular formula is C14H13BrO2S. The normalized spacial score (nSPS) is 10.4. The van der Waals surface area contributed by atoms with Gasteiger partial charge >= 0.3 is 0 Å². The molecule has 0 aliphatic heterocycles. The molecule has 94 valence electrons. The van der Waals surface area contributed by atoms with Gasteiger partial charge < -0.3 is 9.84 Å². The molecule has 0 spiro atoms. The summed E-state index contributed by atoms with van der Waals surface area (Å²) < 4.78 is 6.82. The lowest BCUT2D eigenvalue weighted by Gasteiger charge is -2.12. The second-order valence-corrected chi connectivity index (χ2v) is 5.43. The molecule has 18 heavy (non-hydrogen) atoms. The molecule has 2 nitrogen and oxygen atoms in total. The van der Waals surface area contributed by atoms with Crippen molar-refractivity contribution in [2.75, 3.05) is 6.26 Å². The molecule has 0 radical (unpaired) electrons. The molecule has 0 saturated heterocycles. The van der Waals surface area contributed by atoms with E-state index in [1.54, 1.807) is 11.8 Å². The summed E-state index contributed by atoms with van der Waals surface area (Å²) in [5, 5.41) is 9.31. The van der Waals surface area contributed by atoms with Gasteiger partial charge in [0.2, 0.25) is 0 Å². The molecule has 0 heterocycles. The van der Waals surface area contributed by atoms with Crippen molar-refractivity contribution < 1.29 is 9.84 Å². The Kier molecular flexibility index (Phi) is 4.69. The van der Waals surface area contributed by atoms with Crippen molar-refractivity contribution in [3.05, 3.63) is 52.5 Å². The molecule has 0 aliphatic carbocycles. The predicted octanol–water partition coefficient (Wildman–Crippen LogP) is 4.46. The largest absolute Gasteiger partial charge is 0.456 e. The molecule has 0 amide bonds. The number of aliphatic hydroxyl groups is 1. The average Bonchev–Trinajstić information content (AvgIpc) is 2.40. The first kappa shape index (κ1) is 13.5. The highest BCUT2D eigenvalue weighted by atomic mass is 79.9. The van der Waals surface area contributed by atoms with E-state index in [2.05, 4.69) is 15.9 Å². The summed E-state index contributed by atoms with van der Waals surface area (Å²) in [7, 11) is 0. The maximum absolute atomic E-state index is 9.31. The van der Waals surface area contributed by atoms with Gasteiger partial charge in [-0.3, -0.25) is 0 Å². The third-order valence-corrected chi connectivity index (χ3v) is 3.76. The standard InChI is InChI=1S/C14H13BrO2S/c1-18-14-5-3-2-4-12(14)17-13-8-11(15)7-6-10(13)9-16/h2-8,16H,9H2,1H3. The summed E-state index contributed by atoms with van der Waals surface area (Å²) >= 11 is 5.04. The van der Waals surface area contributed by atoms with E-state index in [1.807, 2.05) is 48.7 Å². The SMILES string of the molecule is CSc1ccccc1Oc1cc(Br)ccc1CO. The topological polar surface area (TPSA) is 29.5 Å². The minimum atomic E-state index is -0.0377. The lowest BCUT2D eigenvalue weighted by atomic mass is 10.2. The lowest BCUT2D eigenvalue weighted by Crippen LogP contribution is -1.92. The highest BCUT2D eigenvalue weighted by molar-refractivity contribution is 9.10. The van der Waals surface area contributed by atoms with Crippen molar-refractivity contribution in [2.45, 2.75) is 11.5 Å². The van der Waals surface area contributed by atoms with Crippen LogP contribution in [0.15, 0.2) is 51.8 Å². The first-order valence-electron chi connectivity index (χ1n) is 5.44. The van der Waals surface area contributed by atoms with E-state index in [0.717, 1.165) is 20.7 Å². The van der Waals surface area contributed by atoms with Crippen LogP contribution >= 0.6 is 27.7 Å². The van der Waals surface area contributed by atoms with Gasteiger partial charge in [-0.15, -0.1) is 11.8 Å². The Morgan fingerprint density at radius 3 is 2.67 bits per heavy atom.